The lowest BCUT2D eigenvalue weighted by atomic mass is 10.1. The third kappa shape index (κ3) is 3.54. The second kappa shape index (κ2) is 7.76. The minimum absolute atomic E-state index is 0.195. The van der Waals surface area contributed by atoms with Crippen LogP contribution in [0.3, 0.4) is 0 Å². The Balaban J connectivity index is 1.78. The number of carbonyl (C=O) groups is 1. The van der Waals surface area contributed by atoms with Crippen molar-refractivity contribution in [2.75, 3.05) is 14.2 Å². The summed E-state index contributed by atoms with van der Waals surface area (Å²) in [6.45, 7) is 1.65. The number of nitrogens with zero attached hydrogens (tertiary/aromatic N) is 3. The van der Waals surface area contributed by atoms with Crippen molar-refractivity contribution in [3.05, 3.63) is 56.6 Å². The summed E-state index contributed by atoms with van der Waals surface area (Å²) >= 11 is 2.95. The fourth-order valence-electron chi connectivity index (χ4n) is 2.98. The number of rotatable bonds is 6. The van der Waals surface area contributed by atoms with Gasteiger partial charge in [0.05, 0.1) is 28.8 Å². The lowest BCUT2D eigenvalue weighted by Gasteiger charge is -2.10. The highest BCUT2D eigenvalue weighted by molar-refractivity contribution is 7.20. The Hall–Kier alpha value is -3.04. The molecule has 0 aliphatic heterocycles. The molecule has 0 aliphatic rings. The smallest absolute Gasteiger partial charge is 0.294 e. The van der Waals surface area contributed by atoms with Gasteiger partial charge in [0.2, 0.25) is 0 Å². The van der Waals surface area contributed by atoms with Gasteiger partial charge >= 0.3 is 0 Å². The largest absolute Gasteiger partial charge is 0.493 e. The summed E-state index contributed by atoms with van der Waals surface area (Å²) in [6.07, 6.45) is 0. The number of benzene rings is 1. The molecule has 0 saturated heterocycles. The quantitative estimate of drug-likeness (QED) is 0.436. The van der Waals surface area contributed by atoms with Crippen LogP contribution in [0.15, 0.2) is 40.5 Å². The fourth-order valence-corrected chi connectivity index (χ4v) is 4.67. The molecule has 4 rings (SSSR count). The topological polar surface area (TPSA) is 83.3 Å². The Morgan fingerprint density at radius 2 is 1.97 bits per heavy atom. The molecule has 9 heteroatoms. The van der Waals surface area contributed by atoms with Crippen molar-refractivity contribution in [1.82, 2.24) is 14.8 Å². The number of thiazole rings is 1. The molecule has 4 aromatic rings. The molecule has 0 fully saturated rings. The van der Waals surface area contributed by atoms with E-state index in [0.29, 0.717) is 28.3 Å². The van der Waals surface area contributed by atoms with Gasteiger partial charge in [-0.2, -0.15) is 5.10 Å². The van der Waals surface area contributed by atoms with Gasteiger partial charge in [0.1, 0.15) is 12.2 Å². The third-order valence-electron chi connectivity index (χ3n) is 4.36. The number of aryl methyl sites for hydroxylation is 1. The molecule has 7 nitrogen and oxygen atoms in total. The fraction of sp³-hybridized carbons (Fsp3) is 0.200. The molecule has 3 aromatic heterocycles. The van der Waals surface area contributed by atoms with Crippen molar-refractivity contribution >= 4 is 38.7 Å². The standard InChI is InChI=1S/C20H17N3O4S2/c1-11-21-18-19(29-11)17(16-5-4-8-28-16)22-23(20(18)25)10-13(24)12-6-7-14(26-2)15(9-12)27-3/h4-9H,10H2,1-3H3. The summed E-state index contributed by atoms with van der Waals surface area (Å²) in [7, 11) is 3.03. The van der Waals surface area contributed by atoms with Gasteiger partial charge in [-0.05, 0) is 36.6 Å². The lowest BCUT2D eigenvalue weighted by Crippen LogP contribution is -2.27. The average Bonchev–Trinajstić information content (AvgIpc) is 3.39. The molecule has 148 valence electrons. The molecule has 1 aromatic carbocycles. The second-order valence-electron chi connectivity index (χ2n) is 6.19. The zero-order chi connectivity index (χ0) is 20.5. The molecule has 0 unspecified atom stereocenters. The SMILES string of the molecule is COc1ccc(C(=O)Cn2nc(-c3cccs3)c3sc(C)nc3c2=O)cc1OC. The van der Waals surface area contributed by atoms with E-state index in [1.54, 1.807) is 18.2 Å². The molecule has 0 atom stereocenters. The molecule has 0 aliphatic carbocycles. The Morgan fingerprint density at radius 1 is 1.17 bits per heavy atom. The van der Waals surface area contributed by atoms with Crippen LogP contribution in [0.1, 0.15) is 15.4 Å². The number of aromatic nitrogens is 3. The van der Waals surface area contributed by atoms with E-state index in [1.807, 2.05) is 24.4 Å². The first-order valence-corrected chi connectivity index (χ1v) is 10.4. The number of thiophene rings is 1. The maximum Gasteiger partial charge on any atom is 0.294 e. The third-order valence-corrected chi connectivity index (χ3v) is 6.21. The van der Waals surface area contributed by atoms with Gasteiger partial charge in [0.25, 0.3) is 5.56 Å². The van der Waals surface area contributed by atoms with Crippen LogP contribution in [0.25, 0.3) is 20.8 Å². The minimum atomic E-state index is -0.376. The summed E-state index contributed by atoms with van der Waals surface area (Å²) in [6, 6.07) is 8.75. The number of Topliss-reactive ketones (excluding diaryl/α,β-unsaturated/α-hetero) is 1. The maximum absolute atomic E-state index is 12.9. The number of carbonyl (C=O) groups excluding carboxylic acids is 1. The number of methoxy groups -OCH3 is 2. The van der Waals surface area contributed by atoms with E-state index in [2.05, 4.69) is 10.1 Å². The van der Waals surface area contributed by atoms with Crippen LogP contribution in [-0.2, 0) is 6.54 Å². The van der Waals surface area contributed by atoms with E-state index in [0.717, 1.165) is 14.6 Å². The number of hydrogen-bond donors (Lipinski definition) is 0. The molecule has 0 spiro atoms. The van der Waals surface area contributed by atoms with E-state index in [-0.39, 0.29) is 17.9 Å². The van der Waals surface area contributed by atoms with Crippen molar-refractivity contribution in [3.63, 3.8) is 0 Å². The first kappa shape index (κ1) is 19.3. The summed E-state index contributed by atoms with van der Waals surface area (Å²) in [4.78, 5) is 31.1. The minimum Gasteiger partial charge on any atom is -0.493 e. The van der Waals surface area contributed by atoms with E-state index in [4.69, 9.17) is 9.47 Å². The predicted octanol–water partition coefficient (Wildman–Crippen LogP) is 3.79. The van der Waals surface area contributed by atoms with Crippen LogP contribution >= 0.6 is 22.7 Å². The molecule has 0 amide bonds. The van der Waals surface area contributed by atoms with Crippen LogP contribution in [0, 0.1) is 6.92 Å². The van der Waals surface area contributed by atoms with Gasteiger partial charge in [-0.1, -0.05) is 6.07 Å². The Labute approximate surface area is 174 Å². The van der Waals surface area contributed by atoms with Gasteiger partial charge in [-0.3, -0.25) is 9.59 Å². The number of ketones is 1. The molecule has 0 radical (unpaired) electrons. The molecular formula is C20H17N3O4S2. The maximum atomic E-state index is 12.9. The van der Waals surface area contributed by atoms with E-state index in [9.17, 15) is 9.59 Å². The Morgan fingerprint density at radius 3 is 2.66 bits per heavy atom. The zero-order valence-corrected chi connectivity index (χ0v) is 17.6. The number of hydrogen-bond acceptors (Lipinski definition) is 8. The number of fused-ring (bicyclic) bond motifs is 1. The summed E-state index contributed by atoms with van der Waals surface area (Å²) in [5.41, 5.74) is 1.04. The lowest BCUT2D eigenvalue weighted by molar-refractivity contribution is 0.0965. The van der Waals surface area contributed by atoms with Crippen molar-refractivity contribution in [3.8, 4) is 22.1 Å². The summed E-state index contributed by atoms with van der Waals surface area (Å²) < 4.78 is 12.4. The first-order valence-electron chi connectivity index (χ1n) is 8.69. The second-order valence-corrected chi connectivity index (χ2v) is 8.34. The van der Waals surface area contributed by atoms with Crippen molar-refractivity contribution < 1.29 is 14.3 Å². The van der Waals surface area contributed by atoms with Gasteiger partial charge in [0, 0.05) is 5.56 Å². The highest BCUT2D eigenvalue weighted by Crippen LogP contribution is 2.32. The van der Waals surface area contributed by atoms with Crippen molar-refractivity contribution in [1.29, 1.82) is 0 Å². The summed E-state index contributed by atoms with van der Waals surface area (Å²) in [5, 5.41) is 7.23. The van der Waals surface area contributed by atoms with Crippen LogP contribution in [0.4, 0.5) is 0 Å². The Kier molecular flexibility index (Phi) is 5.16. The highest BCUT2D eigenvalue weighted by atomic mass is 32.1. The zero-order valence-electron chi connectivity index (χ0n) is 16.0. The molecule has 0 saturated carbocycles. The van der Waals surface area contributed by atoms with Gasteiger partial charge in [-0.25, -0.2) is 9.67 Å². The monoisotopic (exact) mass is 427 g/mol. The molecule has 0 bridgehead atoms. The normalized spacial score (nSPS) is 11.0. The molecule has 29 heavy (non-hydrogen) atoms. The first-order chi connectivity index (χ1) is 14.0. The van der Waals surface area contributed by atoms with E-state index < -0.39 is 0 Å². The van der Waals surface area contributed by atoms with Crippen LogP contribution in [0.5, 0.6) is 11.5 Å². The highest BCUT2D eigenvalue weighted by Gasteiger charge is 2.19. The van der Waals surface area contributed by atoms with Crippen molar-refractivity contribution in [2.24, 2.45) is 0 Å². The van der Waals surface area contributed by atoms with Gasteiger partial charge in [-0.15, -0.1) is 22.7 Å². The van der Waals surface area contributed by atoms with E-state index in [1.165, 1.54) is 41.6 Å². The van der Waals surface area contributed by atoms with Crippen LogP contribution in [0.2, 0.25) is 0 Å². The predicted molar refractivity (Wildman–Crippen MR) is 114 cm³/mol. The van der Waals surface area contributed by atoms with Crippen LogP contribution < -0.4 is 15.0 Å². The van der Waals surface area contributed by atoms with E-state index >= 15 is 0 Å². The van der Waals surface area contributed by atoms with Crippen LogP contribution in [-0.4, -0.2) is 34.8 Å². The molecule has 0 N–H and O–H groups in total. The van der Waals surface area contributed by atoms with Gasteiger partial charge in [0.15, 0.2) is 22.8 Å². The Bertz CT molecular complexity index is 1260. The number of ether oxygens (including phenoxy) is 2. The molecule has 3 heterocycles. The van der Waals surface area contributed by atoms with Gasteiger partial charge < -0.3 is 9.47 Å². The van der Waals surface area contributed by atoms with Crippen molar-refractivity contribution in [2.45, 2.75) is 13.5 Å². The molecular weight excluding hydrogens is 410 g/mol. The average molecular weight is 428 g/mol. The summed E-state index contributed by atoms with van der Waals surface area (Å²) in [5.74, 6) is 0.714.